The number of β-amino-alcohol motifs (C(OH)–C–C–N with tert-alkyl or cyclic N) is 1. The van der Waals surface area contributed by atoms with E-state index in [2.05, 4.69) is 25.7 Å². The maximum absolute atomic E-state index is 8.87. The summed E-state index contributed by atoms with van der Waals surface area (Å²) in [6, 6.07) is 0. The van der Waals surface area contributed by atoms with Gasteiger partial charge in [-0.25, -0.2) is 0 Å². The molecule has 2 nitrogen and oxygen atoms in total. The first kappa shape index (κ1) is 11.0. The first-order chi connectivity index (χ1) is 6.04. The van der Waals surface area contributed by atoms with E-state index >= 15 is 0 Å². The lowest BCUT2D eigenvalue weighted by molar-refractivity contribution is 0.0848. The predicted octanol–water partition coefficient (Wildman–Crippen LogP) is 1.74. The number of hydrogen-bond donors (Lipinski definition) is 1. The molecule has 13 heavy (non-hydrogen) atoms. The van der Waals surface area contributed by atoms with E-state index in [4.69, 9.17) is 5.11 Å². The molecule has 0 amide bonds. The molecule has 0 aliphatic carbocycles. The van der Waals surface area contributed by atoms with Crippen LogP contribution in [0.5, 0.6) is 0 Å². The zero-order chi connectivity index (χ0) is 9.90. The maximum Gasteiger partial charge on any atom is 0.0558 e. The molecule has 2 heteroatoms. The Bertz CT molecular complexity index is 149. The molecule has 1 heterocycles. The number of aliphatic hydroxyl groups is 1. The minimum absolute atomic E-state index is 0.302. The van der Waals surface area contributed by atoms with E-state index in [-0.39, 0.29) is 0 Å². The molecule has 1 rings (SSSR count). The molecule has 0 aromatic heterocycles. The number of nitrogens with zero attached hydrogens (tertiary/aromatic N) is 1. The van der Waals surface area contributed by atoms with Crippen LogP contribution in [0.3, 0.4) is 0 Å². The molecule has 0 radical (unpaired) electrons. The van der Waals surface area contributed by atoms with Crippen molar-refractivity contribution in [1.29, 1.82) is 0 Å². The van der Waals surface area contributed by atoms with Crippen LogP contribution in [0.4, 0.5) is 0 Å². The van der Waals surface area contributed by atoms with Gasteiger partial charge in [0.25, 0.3) is 0 Å². The van der Waals surface area contributed by atoms with Crippen LogP contribution >= 0.6 is 0 Å². The number of likely N-dealkylation sites (tertiary alicyclic amines) is 1. The molecule has 1 atom stereocenters. The van der Waals surface area contributed by atoms with Crippen molar-refractivity contribution < 1.29 is 5.11 Å². The number of aliphatic hydroxyl groups excluding tert-OH is 1. The van der Waals surface area contributed by atoms with E-state index in [0.29, 0.717) is 12.0 Å². The highest BCUT2D eigenvalue weighted by molar-refractivity contribution is 4.81. The van der Waals surface area contributed by atoms with Gasteiger partial charge >= 0.3 is 0 Å². The fraction of sp³-hybridized carbons (Fsp3) is 1.00. The first-order valence-electron chi connectivity index (χ1n) is 5.37. The highest BCUT2D eigenvalue weighted by atomic mass is 16.3. The normalized spacial score (nSPS) is 26.3. The molecule has 0 spiro atoms. The van der Waals surface area contributed by atoms with Crippen LogP contribution in [-0.2, 0) is 0 Å². The van der Waals surface area contributed by atoms with Crippen molar-refractivity contribution in [2.75, 3.05) is 26.2 Å². The largest absolute Gasteiger partial charge is 0.395 e. The van der Waals surface area contributed by atoms with E-state index in [0.717, 1.165) is 12.5 Å². The van der Waals surface area contributed by atoms with Crippen LogP contribution in [0, 0.1) is 11.3 Å². The second kappa shape index (κ2) is 4.43. The average molecular weight is 185 g/mol. The van der Waals surface area contributed by atoms with E-state index in [9.17, 15) is 0 Å². The molecular formula is C11H23NO. The Morgan fingerprint density at radius 2 is 2.08 bits per heavy atom. The summed E-state index contributed by atoms with van der Waals surface area (Å²) >= 11 is 0. The second-order valence-electron chi connectivity index (χ2n) is 5.23. The van der Waals surface area contributed by atoms with Gasteiger partial charge in [0.15, 0.2) is 0 Å². The topological polar surface area (TPSA) is 23.5 Å². The highest BCUT2D eigenvalue weighted by Gasteiger charge is 2.28. The number of hydrogen-bond acceptors (Lipinski definition) is 2. The Morgan fingerprint density at radius 3 is 2.62 bits per heavy atom. The van der Waals surface area contributed by atoms with Crippen LogP contribution in [0.2, 0.25) is 0 Å². The molecule has 1 saturated heterocycles. The summed E-state index contributed by atoms with van der Waals surface area (Å²) in [6.07, 6.45) is 2.65. The lowest BCUT2D eigenvalue weighted by Gasteiger charge is -2.39. The molecule has 1 N–H and O–H groups in total. The minimum Gasteiger partial charge on any atom is -0.395 e. The van der Waals surface area contributed by atoms with Crippen LogP contribution in [0.25, 0.3) is 0 Å². The van der Waals surface area contributed by atoms with E-state index in [1.165, 1.54) is 25.9 Å². The fourth-order valence-corrected chi connectivity index (χ4v) is 2.11. The van der Waals surface area contributed by atoms with E-state index in [1.54, 1.807) is 0 Å². The van der Waals surface area contributed by atoms with Gasteiger partial charge < -0.3 is 10.0 Å². The third-order valence-corrected chi connectivity index (χ3v) is 3.15. The maximum atomic E-state index is 8.87. The zero-order valence-electron chi connectivity index (χ0n) is 9.21. The smallest absolute Gasteiger partial charge is 0.0558 e. The Kier molecular flexibility index (Phi) is 3.74. The lowest BCUT2D eigenvalue weighted by atomic mass is 9.76. The Balaban J connectivity index is 2.42. The van der Waals surface area contributed by atoms with Gasteiger partial charge in [0.2, 0.25) is 0 Å². The summed E-state index contributed by atoms with van der Waals surface area (Å²) in [6.45, 7) is 10.5. The molecule has 0 aromatic rings. The molecule has 0 saturated carbocycles. The van der Waals surface area contributed by atoms with Gasteiger partial charge in [0, 0.05) is 13.1 Å². The molecular weight excluding hydrogens is 162 g/mol. The Morgan fingerprint density at radius 1 is 1.38 bits per heavy atom. The van der Waals surface area contributed by atoms with Gasteiger partial charge in [-0.05, 0) is 30.7 Å². The molecule has 0 unspecified atom stereocenters. The van der Waals surface area contributed by atoms with Gasteiger partial charge in [-0.3, -0.25) is 0 Å². The molecule has 0 aromatic carbocycles. The van der Waals surface area contributed by atoms with Gasteiger partial charge in [-0.1, -0.05) is 20.8 Å². The quantitative estimate of drug-likeness (QED) is 0.708. The van der Waals surface area contributed by atoms with Crippen LogP contribution in [-0.4, -0.2) is 36.2 Å². The monoisotopic (exact) mass is 185 g/mol. The molecule has 1 aliphatic rings. The second-order valence-corrected chi connectivity index (χ2v) is 5.23. The summed E-state index contributed by atoms with van der Waals surface area (Å²) in [5.74, 6) is 0.799. The molecule has 78 valence electrons. The zero-order valence-corrected chi connectivity index (χ0v) is 9.21. The summed E-state index contributed by atoms with van der Waals surface area (Å²) in [7, 11) is 0. The van der Waals surface area contributed by atoms with Crippen LogP contribution in [0.1, 0.15) is 33.6 Å². The summed E-state index contributed by atoms with van der Waals surface area (Å²) in [4.78, 5) is 2.39. The first-order valence-corrected chi connectivity index (χ1v) is 5.37. The van der Waals surface area contributed by atoms with E-state index in [1.807, 2.05) is 0 Å². The van der Waals surface area contributed by atoms with Gasteiger partial charge in [0.05, 0.1) is 6.61 Å². The third kappa shape index (κ3) is 3.28. The molecule has 1 aliphatic heterocycles. The van der Waals surface area contributed by atoms with Crippen molar-refractivity contribution in [2.24, 2.45) is 11.3 Å². The van der Waals surface area contributed by atoms with Gasteiger partial charge in [0.1, 0.15) is 0 Å². The minimum atomic E-state index is 0.302. The third-order valence-electron chi connectivity index (χ3n) is 3.15. The van der Waals surface area contributed by atoms with Crippen molar-refractivity contribution >= 4 is 0 Å². The van der Waals surface area contributed by atoms with Crippen molar-refractivity contribution in [3.63, 3.8) is 0 Å². The lowest BCUT2D eigenvalue weighted by Crippen LogP contribution is -2.41. The van der Waals surface area contributed by atoms with Crippen molar-refractivity contribution in [2.45, 2.75) is 33.6 Å². The van der Waals surface area contributed by atoms with Crippen molar-refractivity contribution in [3.8, 4) is 0 Å². The van der Waals surface area contributed by atoms with E-state index < -0.39 is 0 Å². The number of piperidine rings is 1. The average Bonchev–Trinajstić information content (AvgIpc) is 2.04. The summed E-state index contributed by atoms with van der Waals surface area (Å²) in [5.41, 5.74) is 0.425. The predicted molar refractivity (Wildman–Crippen MR) is 55.7 cm³/mol. The SMILES string of the molecule is CC(C)(C)[C@@H]1CCCN(CCO)C1. The number of rotatable bonds is 2. The van der Waals surface area contributed by atoms with Crippen molar-refractivity contribution in [3.05, 3.63) is 0 Å². The summed E-state index contributed by atoms with van der Waals surface area (Å²) in [5, 5.41) is 8.87. The summed E-state index contributed by atoms with van der Waals surface area (Å²) < 4.78 is 0. The van der Waals surface area contributed by atoms with Crippen LogP contribution < -0.4 is 0 Å². The Labute approximate surface area is 81.9 Å². The Hall–Kier alpha value is -0.0800. The molecule has 1 fully saturated rings. The van der Waals surface area contributed by atoms with Crippen molar-refractivity contribution in [1.82, 2.24) is 4.90 Å². The van der Waals surface area contributed by atoms with Gasteiger partial charge in [-0.2, -0.15) is 0 Å². The van der Waals surface area contributed by atoms with Crippen LogP contribution in [0.15, 0.2) is 0 Å². The molecule has 0 bridgehead atoms. The highest BCUT2D eigenvalue weighted by Crippen LogP contribution is 2.32. The van der Waals surface area contributed by atoms with Gasteiger partial charge in [-0.15, -0.1) is 0 Å². The fourth-order valence-electron chi connectivity index (χ4n) is 2.11. The standard InChI is InChI=1S/C11H23NO/c1-11(2,3)10-5-4-6-12(9-10)7-8-13/h10,13H,4-9H2,1-3H3/t10-/m1/s1.